The second-order valence-electron chi connectivity index (χ2n) is 8.88. The molecular formula is C22H27F2N5O. The molecule has 0 spiro atoms. The van der Waals surface area contributed by atoms with E-state index in [0.29, 0.717) is 5.88 Å². The number of benzene rings is 1. The molecule has 0 bridgehead atoms. The number of nitrogens with two attached hydrogens (primary N) is 1. The van der Waals surface area contributed by atoms with Crippen molar-refractivity contribution < 1.29 is 13.5 Å². The number of hydrogen-bond acceptors (Lipinski definition) is 6. The molecule has 0 aliphatic carbocycles. The predicted octanol–water partition coefficient (Wildman–Crippen LogP) is 4.06. The summed E-state index contributed by atoms with van der Waals surface area (Å²) in [5.74, 6) is -1.04. The van der Waals surface area contributed by atoms with Crippen LogP contribution in [-0.2, 0) is 0 Å². The Balaban J connectivity index is 1.81. The number of nitrogens with zero attached hydrogens (tertiary/aromatic N) is 2. The largest absolute Gasteiger partial charge is 0.473 e. The molecule has 0 atom stereocenters. The van der Waals surface area contributed by atoms with Crippen molar-refractivity contribution in [3.8, 4) is 17.1 Å². The Morgan fingerprint density at radius 3 is 2.33 bits per heavy atom. The molecule has 8 heteroatoms. The lowest BCUT2D eigenvalue weighted by Crippen LogP contribution is -2.60. The Labute approximate surface area is 175 Å². The molecule has 0 saturated carbocycles. The summed E-state index contributed by atoms with van der Waals surface area (Å²) in [7, 11) is 0. The van der Waals surface area contributed by atoms with E-state index in [1.165, 1.54) is 0 Å². The van der Waals surface area contributed by atoms with Crippen LogP contribution in [0.1, 0.15) is 46.1 Å². The molecule has 2 heterocycles. The quantitative estimate of drug-likeness (QED) is 0.640. The van der Waals surface area contributed by atoms with Crippen molar-refractivity contribution >= 4 is 11.8 Å². The smallest absolute Gasteiger partial charge is 0.233 e. The molecule has 160 valence electrons. The van der Waals surface area contributed by atoms with Crippen LogP contribution in [0.3, 0.4) is 0 Å². The van der Waals surface area contributed by atoms with Crippen LogP contribution in [-0.4, -0.2) is 33.6 Å². The fourth-order valence-electron chi connectivity index (χ4n) is 4.19. The predicted molar refractivity (Wildman–Crippen MR) is 113 cm³/mol. The zero-order chi connectivity index (χ0) is 22.1. The van der Waals surface area contributed by atoms with Crippen LogP contribution in [0.15, 0.2) is 30.5 Å². The Morgan fingerprint density at radius 2 is 1.80 bits per heavy atom. The Morgan fingerprint density at radius 1 is 1.13 bits per heavy atom. The van der Waals surface area contributed by atoms with Gasteiger partial charge in [0.1, 0.15) is 17.7 Å². The number of halogens is 2. The molecule has 0 radical (unpaired) electrons. The minimum absolute atomic E-state index is 0.0271. The van der Waals surface area contributed by atoms with Gasteiger partial charge in [0, 0.05) is 59.1 Å². The zero-order valence-corrected chi connectivity index (χ0v) is 17.6. The molecule has 0 unspecified atom stereocenters. The van der Waals surface area contributed by atoms with Gasteiger partial charge in [0.2, 0.25) is 5.88 Å². The first-order chi connectivity index (χ1) is 14.0. The van der Waals surface area contributed by atoms with Crippen molar-refractivity contribution in [2.75, 3.05) is 0 Å². The van der Waals surface area contributed by atoms with E-state index in [9.17, 15) is 8.78 Å². The van der Waals surface area contributed by atoms with Crippen molar-refractivity contribution in [2.45, 2.75) is 57.7 Å². The van der Waals surface area contributed by atoms with E-state index in [-0.39, 0.29) is 39.6 Å². The maximum Gasteiger partial charge on any atom is 0.233 e. The summed E-state index contributed by atoms with van der Waals surface area (Å²) >= 11 is 0. The fourth-order valence-corrected chi connectivity index (χ4v) is 4.19. The molecule has 30 heavy (non-hydrogen) atoms. The first-order valence-corrected chi connectivity index (χ1v) is 9.75. The third-order valence-electron chi connectivity index (χ3n) is 5.06. The topological polar surface area (TPSA) is 96.9 Å². The van der Waals surface area contributed by atoms with E-state index in [4.69, 9.17) is 15.9 Å². The molecule has 1 fully saturated rings. The minimum Gasteiger partial charge on any atom is -0.473 e. The van der Waals surface area contributed by atoms with E-state index in [2.05, 4.69) is 43.2 Å². The van der Waals surface area contributed by atoms with E-state index >= 15 is 0 Å². The molecule has 2 aromatic rings. The molecule has 1 aliphatic rings. The van der Waals surface area contributed by atoms with Gasteiger partial charge in [-0.15, -0.1) is 10.2 Å². The number of aromatic nitrogens is 2. The van der Waals surface area contributed by atoms with Gasteiger partial charge >= 0.3 is 0 Å². The maximum absolute atomic E-state index is 14.6. The van der Waals surface area contributed by atoms with Crippen LogP contribution in [0, 0.1) is 17.0 Å². The molecule has 1 aromatic heterocycles. The van der Waals surface area contributed by atoms with Crippen molar-refractivity contribution in [1.29, 1.82) is 5.41 Å². The molecule has 3 rings (SSSR count). The monoisotopic (exact) mass is 415 g/mol. The van der Waals surface area contributed by atoms with Crippen LogP contribution >= 0.6 is 0 Å². The highest BCUT2D eigenvalue weighted by Crippen LogP contribution is 2.31. The van der Waals surface area contributed by atoms with Crippen molar-refractivity contribution in [1.82, 2.24) is 15.5 Å². The van der Waals surface area contributed by atoms with Gasteiger partial charge in [-0.25, -0.2) is 8.78 Å². The standard InChI is InChI=1S/C22H27F2N5O/c1-21(2)9-14(10-22(3,4)29-21)30-20-6-5-19(27-28-20)16-8-17(23)15(7-18(16)24)13(11-25)12-26/h5-8,11-12,14,25,29H,9-10,26H2,1-4H3/b13-12+,25-11?. The fraction of sp³-hybridized carbons (Fsp3) is 0.409. The number of rotatable bonds is 5. The number of ether oxygens (including phenoxy) is 1. The molecule has 6 nitrogen and oxygen atoms in total. The molecule has 1 aliphatic heterocycles. The van der Waals surface area contributed by atoms with Crippen molar-refractivity contribution in [2.24, 2.45) is 5.73 Å². The third kappa shape index (κ3) is 4.81. The number of hydrogen-bond donors (Lipinski definition) is 3. The lowest BCUT2D eigenvalue weighted by Gasteiger charge is -2.46. The van der Waals surface area contributed by atoms with Gasteiger partial charge in [0.25, 0.3) is 0 Å². The minimum atomic E-state index is -0.701. The van der Waals surface area contributed by atoms with Gasteiger partial charge in [0.05, 0.1) is 5.69 Å². The van der Waals surface area contributed by atoms with Gasteiger partial charge < -0.3 is 21.2 Å². The zero-order valence-electron chi connectivity index (χ0n) is 17.6. The van der Waals surface area contributed by atoms with Gasteiger partial charge in [0.15, 0.2) is 0 Å². The average Bonchev–Trinajstić information content (AvgIpc) is 2.63. The Hall–Kier alpha value is -2.87. The summed E-state index contributed by atoms with van der Waals surface area (Å²) in [6, 6.07) is 5.19. The third-order valence-corrected chi connectivity index (χ3v) is 5.06. The van der Waals surface area contributed by atoms with Gasteiger partial charge in [-0.2, -0.15) is 0 Å². The highest BCUT2D eigenvalue weighted by molar-refractivity contribution is 6.08. The molecule has 0 amide bonds. The SMILES string of the molecule is CC1(C)CC(Oc2ccc(-c3cc(F)c(/C(C=N)=C/N)cc3F)nn2)CC(C)(C)N1. The summed E-state index contributed by atoms with van der Waals surface area (Å²) in [4.78, 5) is 0. The van der Waals surface area contributed by atoms with Gasteiger partial charge in [-0.3, -0.25) is 0 Å². The summed E-state index contributed by atoms with van der Waals surface area (Å²) in [6.07, 6.45) is 3.51. The Bertz CT molecular complexity index is 954. The maximum atomic E-state index is 14.6. The molecular weight excluding hydrogens is 388 g/mol. The molecule has 4 N–H and O–H groups in total. The summed E-state index contributed by atoms with van der Waals surface area (Å²) in [6.45, 7) is 8.52. The first kappa shape index (κ1) is 21.8. The van der Waals surface area contributed by atoms with Crippen LogP contribution in [0.2, 0.25) is 0 Å². The molecule has 1 aromatic carbocycles. The second kappa shape index (κ2) is 8.10. The lowest BCUT2D eigenvalue weighted by molar-refractivity contribution is 0.0524. The van der Waals surface area contributed by atoms with Crippen molar-refractivity contribution in [3.63, 3.8) is 0 Å². The van der Waals surface area contributed by atoms with Crippen LogP contribution in [0.4, 0.5) is 8.78 Å². The summed E-state index contributed by atoms with van der Waals surface area (Å²) in [5, 5.41) is 18.9. The van der Waals surface area contributed by atoms with E-state index in [0.717, 1.165) is 37.4 Å². The van der Waals surface area contributed by atoms with Gasteiger partial charge in [-0.05, 0) is 45.9 Å². The first-order valence-electron chi connectivity index (χ1n) is 9.75. The normalized spacial score (nSPS) is 18.8. The lowest BCUT2D eigenvalue weighted by atomic mass is 9.81. The second-order valence-corrected chi connectivity index (χ2v) is 8.88. The van der Waals surface area contributed by atoms with E-state index < -0.39 is 11.6 Å². The average molecular weight is 415 g/mol. The van der Waals surface area contributed by atoms with Crippen LogP contribution < -0.4 is 15.8 Å². The van der Waals surface area contributed by atoms with Crippen LogP contribution in [0.5, 0.6) is 5.88 Å². The summed E-state index contributed by atoms with van der Waals surface area (Å²) in [5.41, 5.74) is 5.38. The number of allylic oxidation sites excluding steroid dienone is 1. The van der Waals surface area contributed by atoms with Crippen LogP contribution in [0.25, 0.3) is 16.8 Å². The van der Waals surface area contributed by atoms with Gasteiger partial charge in [-0.1, -0.05) is 0 Å². The van der Waals surface area contributed by atoms with E-state index in [1.807, 2.05) is 0 Å². The molecule has 1 saturated heterocycles. The highest BCUT2D eigenvalue weighted by Gasteiger charge is 2.38. The van der Waals surface area contributed by atoms with Crippen molar-refractivity contribution in [3.05, 3.63) is 47.7 Å². The number of piperidine rings is 1. The Kier molecular flexibility index (Phi) is 5.90. The highest BCUT2D eigenvalue weighted by atomic mass is 19.1. The van der Waals surface area contributed by atoms with E-state index in [1.54, 1.807) is 12.1 Å². The summed E-state index contributed by atoms with van der Waals surface area (Å²) < 4.78 is 35.0. The number of nitrogens with one attached hydrogen (secondary N) is 2.